The largest absolute Gasteiger partial charge is 0.479 e. The minimum atomic E-state index is -0.959. The number of aliphatic carboxylic acids is 1. The fourth-order valence-corrected chi connectivity index (χ4v) is 1.62. The highest BCUT2D eigenvalue weighted by atomic mass is 16.5. The highest BCUT2D eigenvalue weighted by Crippen LogP contribution is 2.20. The SMILES string of the molecule is CCCCN(C)N=Nc1ccc(OC(CC)C(=O)O)cc1. The predicted octanol–water partition coefficient (Wildman–Crippen LogP) is 3.66. The van der Waals surface area contributed by atoms with E-state index in [-0.39, 0.29) is 0 Å². The van der Waals surface area contributed by atoms with Gasteiger partial charge in [0.15, 0.2) is 6.10 Å². The molecule has 1 aromatic rings. The zero-order valence-electron chi connectivity index (χ0n) is 12.8. The monoisotopic (exact) mass is 293 g/mol. The average molecular weight is 293 g/mol. The third-order valence-electron chi connectivity index (χ3n) is 2.91. The molecule has 0 aliphatic rings. The van der Waals surface area contributed by atoms with Gasteiger partial charge in [0.2, 0.25) is 0 Å². The molecule has 6 heteroatoms. The summed E-state index contributed by atoms with van der Waals surface area (Å²) in [6.07, 6.45) is 1.79. The number of hydrogen-bond donors (Lipinski definition) is 1. The molecule has 6 nitrogen and oxygen atoms in total. The van der Waals surface area contributed by atoms with Gasteiger partial charge in [-0.05, 0) is 37.1 Å². The normalized spacial score (nSPS) is 12.3. The van der Waals surface area contributed by atoms with Crippen LogP contribution < -0.4 is 4.74 Å². The quantitative estimate of drug-likeness (QED) is 0.557. The number of nitrogens with zero attached hydrogens (tertiary/aromatic N) is 3. The Morgan fingerprint density at radius 3 is 2.52 bits per heavy atom. The molecule has 0 amide bonds. The Morgan fingerprint density at radius 1 is 1.33 bits per heavy atom. The van der Waals surface area contributed by atoms with E-state index >= 15 is 0 Å². The van der Waals surface area contributed by atoms with Gasteiger partial charge in [0.1, 0.15) is 5.75 Å². The molecule has 0 radical (unpaired) electrons. The van der Waals surface area contributed by atoms with Gasteiger partial charge in [0.05, 0.1) is 5.69 Å². The molecule has 21 heavy (non-hydrogen) atoms. The Kier molecular flexibility index (Phi) is 7.21. The second-order valence-corrected chi connectivity index (χ2v) is 4.77. The van der Waals surface area contributed by atoms with E-state index in [0.29, 0.717) is 17.9 Å². The van der Waals surface area contributed by atoms with Gasteiger partial charge in [-0.3, -0.25) is 5.01 Å². The van der Waals surface area contributed by atoms with E-state index in [0.717, 1.165) is 19.4 Å². The highest BCUT2D eigenvalue weighted by Gasteiger charge is 2.16. The second-order valence-electron chi connectivity index (χ2n) is 4.77. The zero-order valence-corrected chi connectivity index (χ0v) is 12.8. The molecule has 116 valence electrons. The summed E-state index contributed by atoms with van der Waals surface area (Å²) in [6.45, 7) is 4.77. The maximum atomic E-state index is 10.9. The van der Waals surface area contributed by atoms with Gasteiger partial charge in [-0.25, -0.2) is 4.79 Å². The van der Waals surface area contributed by atoms with E-state index in [1.807, 2.05) is 7.05 Å². The van der Waals surface area contributed by atoms with Crippen LogP contribution in [0.4, 0.5) is 5.69 Å². The van der Waals surface area contributed by atoms with Crippen molar-refractivity contribution in [2.45, 2.75) is 39.2 Å². The van der Waals surface area contributed by atoms with E-state index < -0.39 is 12.1 Å². The van der Waals surface area contributed by atoms with Gasteiger partial charge < -0.3 is 9.84 Å². The molecule has 0 heterocycles. The molecule has 0 bridgehead atoms. The predicted molar refractivity (Wildman–Crippen MR) is 80.8 cm³/mol. The molecule has 0 aliphatic heterocycles. The maximum Gasteiger partial charge on any atom is 0.344 e. The van der Waals surface area contributed by atoms with Crippen LogP contribution in [0.3, 0.4) is 0 Å². The summed E-state index contributed by atoms with van der Waals surface area (Å²) in [5, 5.41) is 18.9. The lowest BCUT2D eigenvalue weighted by molar-refractivity contribution is -0.145. The lowest BCUT2D eigenvalue weighted by atomic mass is 10.2. The molecule has 0 aliphatic carbocycles. The molecule has 0 fully saturated rings. The Hall–Kier alpha value is -2.11. The van der Waals surface area contributed by atoms with Crippen LogP contribution in [-0.2, 0) is 4.79 Å². The van der Waals surface area contributed by atoms with Crippen molar-refractivity contribution in [3.05, 3.63) is 24.3 Å². The van der Waals surface area contributed by atoms with Crippen LogP contribution in [0.2, 0.25) is 0 Å². The van der Waals surface area contributed by atoms with Gasteiger partial charge in [-0.2, -0.15) is 0 Å². The molecule has 1 atom stereocenters. The van der Waals surface area contributed by atoms with E-state index in [2.05, 4.69) is 17.3 Å². The van der Waals surface area contributed by atoms with E-state index in [9.17, 15) is 4.79 Å². The molecule has 0 aromatic heterocycles. The van der Waals surface area contributed by atoms with Crippen molar-refractivity contribution in [1.29, 1.82) is 0 Å². The Labute approximate surface area is 125 Å². The number of unbranched alkanes of at least 4 members (excludes halogenated alkanes) is 1. The summed E-state index contributed by atoms with van der Waals surface area (Å²) >= 11 is 0. The van der Waals surface area contributed by atoms with Crippen LogP contribution in [0.1, 0.15) is 33.1 Å². The average Bonchev–Trinajstić information content (AvgIpc) is 2.49. The molecule has 1 rings (SSSR count). The Bertz CT molecular complexity index is 460. The van der Waals surface area contributed by atoms with Crippen molar-refractivity contribution in [2.24, 2.45) is 10.3 Å². The van der Waals surface area contributed by atoms with Crippen molar-refractivity contribution in [2.75, 3.05) is 13.6 Å². The third kappa shape index (κ3) is 6.25. The summed E-state index contributed by atoms with van der Waals surface area (Å²) in [6, 6.07) is 6.90. The first-order chi connectivity index (χ1) is 10.1. The first kappa shape index (κ1) is 16.9. The zero-order chi connectivity index (χ0) is 15.7. The molecule has 1 N–H and O–H groups in total. The summed E-state index contributed by atoms with van der Waals surface area (Å²) in [4.78, 5) is 10.9. The van der Waals surface area contributed by atoms with Crippen LogP contribution in [0.25, 0.3) is 0 Å². The number of ether oxygens (including phenoxy) is 1. The molecule has 0 saturated heterocycles. The number of carboxylic acids is 1. The Balaban J connectivity index is 2.57. The number of hydrogen-bond acceptors (Lipinski definition) is 4. The Morgan fingerprint density at radius 2 is 2.00 bits per heavy atom. The fraction of sp³-hybridized carbons (Fsp3) is 0.533. The van der Waals surface area contributed by atoms with Crippen LogP contribution in [-0.4, -0.2) is 35.8 Å². The molecule has 1 unspecified atom stereocenters. The first-order valence-corrected chi connectivity index (χ1v) is 7.19. The van der Waals surface area contributed by atoms with Gasteiger partial charge in [-0.1, -0.05) is 25.5 Å². The van der Waals surface area contributed by atoms with E-state index in [4.69, 9.17) is 9.84 Å². The van der Waals surface area contributed by atoms with Crippen LogP contribution in [0, 0.1) is 0 Å². The number of carboxylic acid groups (broad SMARTS) is 1. The molecular formula is C15H23N3O3. The third-order valence-corrected chi connectivity index (χ3v) is 2.91. The van der Waals surface area contributed by atoms with Gasteiger partial charge in [-0.15, -0.1) is 5.11 Å². The summed E-state index contributed by atoms with van der Waals surface area (Å²) < 4.78 is 5.38. The molecular weight excluding hydrogens is 270 g/mol. The van der Waals surface area contributed by atoms with Crippen molar-refractivity contribution in [3.63, 3.8) is 0 Å². The topological polar surface area (TPSA) is 74.5 Å². The van der Waals surface area contributed by atoms with Crippen molar-refractivity contribution in [1.82, 2.24) is 5.01 Å². The number of benzene rings is 1. The lowest BCUT2D eigenvalue weighted by Gasteiger charge is -2.13. The number of rotatable bonds is 9. The van der Waals surface area contributed by atoms with E-state index in [1.165, 1.54) is 0 Å². The minimum absolute atomic E-state index is 0.416. The second kappa shape index (κ2) is 8.94. The smallest absolute Gasteiger partial charge is 0.344 e. The van der Waals surface area contributed by atoms with Gasteiger partial charge in [0.25, 0.3) is 0 Å². The lowest BCUT2D eigenvalue weighted by Crippen LogP contribution is -2.25. The van der Waals surface area contributed by atoms with Crippen LogP contribution in [0.15, 0.2) is 34.6 Å². The molecule has 1 aromatic carbocycles. The van der Waals surface area contributed by atoms with Crippen LogP contribution >= 0.6 is 0 Å². The number of carbonyl (C=O) groups is 1. The van der Waals surface area contributed by atoms with Crippen molar-refractivity contribution >= 4 is 11.7 Å². The van der Waals surface area contributed by atoms with Crippen LogP contribution in [0.5, 0.6) is 5.75 Å². The summed E-state index contributed by atoms with van der Waals surface area (Å²) in [5.41, 5.74) is 0.703. The van der Waals surface area contributed by atoms with Crippen molar-refractivity contribution < 1.29 is 14.6 Å². The summed E-state index contributed by atoms with van der Waals surface area (Å²) in [5.74, 6) is -0.443. The van der Waals surface area contributed by atoms with Crippen molar-refractivity contribution in [3.8, 4) is 5.75 Å². The fourth-order valence-electron chi connectivity index (χ4n) is 1.62. The maximum absolute atomic E-state index is 10.9. The molecule has 0 saturated carbocycles. The van der Waals surface area contributed by atoms with Gasteiger partial charge in [0, 0.05) is 13.6 Å². The first-order valence-electron chi connectivity index (χ1n) is 7.19. The summed E-state index contributed by atoms with van der Waals surface area (Å²) in [7, 11) is 1.88. The molecule has 0 spiro atoms. The van der Waals surface area contributed by atoms with E-state index in [1.54, 1.807) is 36.2 Å². The minimum Gasteiger partial charge on any atom is -0.479 e. The van der Waals surface area contributed by atoms with Gasteiger partial charge >= 0.3 is 5.97 Å². The standard InChI is InChI=1S/C15H23N3O3/c1-4-6-11-18(3)17-16-12-7-9-13(10-8-12)21-14(5-2)15(19)20/h7-10,14H,4-6,11H2,1-3H3,(H,19,20). The highest BCUT2D eigenvalue weighted by molar-refractivity contribution is 5.72.